The fourth-order valence-electron chi connectivity index (χ4n) is 4.67. The standard InChI is InChI=1S/C31H36N2O3/c1-22(2)31(35)32-28-13-7-12-27(19-28)24-15-17-33(18-16-24)21-30(25-9-5-4-6-10-25)36-29-14-8-11-26(20-29)23(3)34/h4-14,19-20,22,24,30H,15-18,21H2,1-3H3,(H,32,35)/t30-/m0/s1. The minimum absolute atomic E-state index is 0.0339. The molecule has 1 atom stereocenters. The third-order valence-electron chi connectivity index (χ3n) is 6.85. The number of nitrogens with zero attached hydrogens (tertiary/aromatic N) is 1. The molecule has 1 aliphatic rings. The molecule has 4 rings (SSSR count). The van der Waals surface area contributed by atoms with Gasteiger partial charge in [0.25, 0.3) is 0 Å². The molecule has 1 aliphatic heterocycles. The van der Waals surface area contributed by atoms with Gasteiger partial charge in [-0.15, -0.1) is 0 Å². The second-order valence-corrected chi connectivity index (χ2v) is 9.95. The highest BCUT2D eigenvalue weighted by Crippen LogP contribution is 2.31. The summed E-state index contributed by atoms with van der Waals surface area (Å²) in [5.41, 5.74) is 3.94. The molecule has 1 fully saturated rings. The summed E-state index contributed by atoms with van der Waals surface area (Å²) in [6, 6.07) is 26.0. The minimum atomic E-state index is -0.125. The predicted molar refractivity (Wildman–Crippen MR) is 145 cm³/mol. The van der Waals surface area contributed by atoms with Gasteiger partial charge in [0.05, 0.1) is 0 Å². The van der Waals surface area contributed by atoms with E-state index in [-0.39, 0.29) is 23.7 Å². The quantitative estimate of drug-likeness (QED) is 0.353. The van der Waals surface area contributed by atoms with Crippen molar-refractivity contribution in [2.24, 2.45) is 5.92 Å². The molecule has 188 valence electrons. The fourth-order valence-corrected chi connectivity index (χ4v) is 4.67. The van der Waals surface area contributed by atoms with E-state index in [1.807, 2.05) is 68.4 Å². The zero-order valence-corrected chi connectivity index (χ0v) is 21.4. The number of nitrogens with one attached hydrogen (secondary N) is 1. The van der Waals surface area contributed by atoms with Crippen molar-refractivity contribution in [1.29, 1.82) is 0 Å². The molecule has 3 aromatic rings. The van der Waals surface area contributed by atoms with E-state index in [1.54, 1.807) is 6.92 Å². The zero-order valence-electron chi connectivity index (χ0n) is 21.4. The Kier molecular flexibility index (Phi) is 8.55. The van der Waals surface area contributed by atoms with Gasteiger partial charge in [0.1, 0.15) is 11.9 Å². The molecule has 1 N–H and O–H groups in total. The van der Waals surface area contributed by atoms with Crippen LogP contribution in [0.4, 0.5) is 5.69 Å². The molecule has 5 nitrogen and oxygen atoms in total. The number of rotatable bonds is 9. The Morgan fingerprint density at radius 2 is 1.67 bits per heavy atom. The first kappa shape index (κ1) is 25.6. The number of hydrogen-bond acceptors (Lipinski definition) is 4. The van der Waals surface area contributed by atoms with E-state index in [2.05, 4.69) is 34.5 Å². The van der Waals surface area contributed by atoms with E-state index in [9.17, 15) is 9.59 Å². The molecule has 5 heteroatoms. The molecule has 0 spiro atoms. The van der Waals surface area contributed by atoms with Crippen LogP contribution in [0, 0.1) is 5.92 Å². The third kappa shape index (κ3) is 6.82. The molecule has 1 heterocycles. The van der Waals surface area contributed by atoms with Gasteiger partial charge in [-0.3, -0.25) is 14.5 Å². The normalized spacial score (nSPS) is 15.4. The van der Waals surface area contributed by atoms with Crippen molar-refractivity contribution in [3.63, 3.8) is 0 Å². The van der Waals surface area contributed by atoms with Crippen LogP contribution in [0.1, 0.15) is 67.1 Å². The third-order valence-corrected chi connectivity index (χ3v) is 6.85. The highest BCUT2D eigenvalue weighted by Gasteiger charge is 2.25. The van der Waals surface area contributed by atoms with Crippen LogP contribution >= 0.6 is 0 Å². The van der Waals surface area contributed by atoms with Gasteiger partial charge in [-0.2, -0.15) is 0 Å². The van der Waals surface area contributed by atoms with Crippen molar-refractivity contribution in [3.05, 3.63) is 95.6 Å². The number of hydrogen-bond donors (Lipinski definition) is 1. The van der Waals surface area contributed by atoms with Crippen molar-refractivity contribution < 1.29 is 14.3 Å². The summed E-state index contributed by atoms with van der Waals surface area (Å²) in [5, 5.41) is 3.02. The summed E-state index contributed by atoms with van der Waals surface area (Å²) in [5.74, 6) is 1.23. The van der Waals surface area contributed by atoms with Crippen LogP contribution in [-0.4, -0.2) is 36.2 Å². The first-order chi connectivity index (χ1) is 17.4. The highest BCUT2D eigenvalue weighted by atomic mass is 16.5. The van der Waals surface area contributed by atoms with Gasteiger partial charge in [0, 0.05) is 23.7 Å². The molecule has 0 saturated carbocycles. The molecule has 0 aliphatic carbocycles. The van der Waals surface area contributed by atoms with Crippen LogP contribution in [-0.2, 0) is 4.79 Å². The summed E-state index contributed by atoms with van der Waals surface area (Å²) < 4.78 is 6.44. The van der Waals surface area contributed by atoms with Crippen LogP contribution in [0.15, 0.2) is 78.9 Å². The molecule has 1 amide bonds. The van der Waals surface area contributed by atoms with Crippen molar-refractivity contribution in [2.75, 3.05) is 25.0 Å². The van der Waals surface area contributed by atoms with E-state index < -0.39 is 0 Å². The van der Waals surface area contributed by atoms with Gasteiger partial charge >= 0.3 is 0 Å². The Labute approximate surface area is 214 Å². The number of likely N-dealkylation sites (tertiary alicyclic amines) is 1. The van der Waals surface area contributed by atoms with E-state index >= 15 is 0 Å². The Balaban J connectivity index is 1.41. The second-order valence-electron chi connectivity index (χ2n) is 9.95. The summed E-state index contributed by atoms with van der Waals surface area (Å²) in [7, 11) is 0. The predicted octanol–water partition coefficient (Wildman–Crippen LogP) is 6.48. The lowest BCUT2D eigenvalue weighted by molar-refractivity contribution is -0.118. The molecule has 36 heavy (non-hydrogen) atoms. The van der Waals surface area contributed by atoms with Gasteiger partial charge in [-0.1, -0.05) is 68.4 Å². The van der Waals surface area contributed by atoms with Crippen LogP contribution < -0.4 is 10.1 Å². The van der Waals surface area contributed by atoms with Gasteiger partial charge in [-0.25, -0.2) is 0 Å². The molecule has 3 aromatic carbocycles. The lowest BCUT2D eigenvalue weighted by atomic mass is 9.89. The van der Waals surface area contributed by atoms with Crippen LogP contribution in [0.25, 0.3) is 0 Å². The molecule has 1 saturated heterocycles. The lowest BCUT2D eigenvalue weighted by Gasteiger charge is -2.34. The molecular formula is C31H36N2O3. The number of Topliss-reactive ketones (excluding diaryl/α,β-unsaturated/α-hetero) is 1. The Morgan fingerprint density at radius 3 is 2.36 bits per heavy atom. The number of carbonyl (C=O) groups excluding carboxylic acids is 2. The minimum Gasteiger partial charge on any atom is -0.484 e. The lowest BCUT2D eigenvalue weighted by Crippen LogP contribution is -2.37. The Bertz CT molecular complexity index is 1170. The van der Waals surface area contributed by atoms with Gasteiger partial charge in [-0.05, 0) is 74.2 Å². The van der Waals surface area contributed by atoms with Crippen molar-refractivity contribution in [1.82, 2.24) is 4.90 Å². The first-order valence-corrected chi connectivity index (χ1v) is 12.8. The maximum atomic E-state index is 12.1. The molecular weight excluding hydrogens is 448 g/mol. The fraction of sp³-hybridized carbons (Fsp3) is 0.355. The SMILES string of the molecule is CC(=O)c1cccc(O[C@@H](CN2CCC(c3cccc(NC(=O)C(C)C)c3)CC2)c2ccccc2)c1. The average Bonchev–Trinajstić information content (AvgIpc) is 2.89. The van der Waals surface area contributed by atoms with Crippen molar-refractivity contribution >= 4 is 17.4 Å². The van der Waals surface area contributed by atoms with E-state index in [0.717, 1.165) is 43.7 Å². The summed E-state index contributed by atoms with van der Waals surface area (Å²) >= 11 is 0. The first-order valence-electron chi connectivity index (χ1n) is 12.8. The molecule has 0 radical (unpaired) electrons. The summed E-state index contributed by atoms with van der Waals surface area (Å²) in [6.07, 6.45) is 1.99. The van der Waals surface area contributed by atoms with E-state index in [0.29, 0.717) is 17.2 Å². The number of carbonyl (C=O) groups is 2. The topological polar surface area (TPSA) is 58.6 Å². The molecule has 0 bridgehead atoms. The van der Waals surface area contributed by atoms with Crippen molar-refractivity contribution in [2.45, 2.75) is 45.6 Å². The van der Waals surface area contributed by atoms with Crippen LogP contribution in [0.3, 0.4) is 0 Å². The highest BCUT2D eigenvalue weighted by molar-refractivity contribution is 5.94. The summed E-state index contributed by atoms with van der Waals surface area (Å²) in [4.78, 5) is 26.4. The maximum Gasteiger partial charge on any atom is 0.226 e. The number of piperidine rings is 1. The number of ketones is 1. The number of benzene rings is 3. The number of amides is 1. The summed E-state index contributed by atoms with van der Waals surface area (Å²) in [6.45, 7) is 8.13. The van der Waals surface area contributed by atoms with Crippen LogP contribution in [0.2, 0.25) is 0 Å². The Morgan fingerprint density at radius 1 is 0.944 bits per heavy atom. The Hall–Kier alpha value is -3.44. The smallest absolute Gasteiger partial charge is 0.226 e. The monoisotopic (exact) mass is 484 g/mol. The largest absolute Gasteiger partial charge is 0.484 e. The van der Waals surface area contributed by atoms with E-state index in [1.165, 1.54) is 5.56 Å². The zero-order chi connectivity index (χ0) is 25.5. The molecule has 0 aromatic heterocycles. The maximum absolute atomic E-state index is 12.1. The van der Waals surface area contributed by atoms with E-state index in [4.69, 9.17) is 4.74 Å². The molecule has 0 unspecified atom stereocenters. The van der Waals surface area contributed by atoms with Crippen LogP contribution in [0.5, 0.6) is 5.75 Å². The van der Waals surface area contributed by atoms with Gasteiger partial charge < -0.3 is 10.1 Å². The second kappa shape index (κ2) is 12.0. The average molecular weight is 485 g/mol. The van der Waals surface area contributed by atoms with Crippen molar-refractivity contribution in [3.8, 4) is 5.75 Å². The number of anilines is 1. The van der Waals surface area contributed by atoms with Gasteiger partial charge in [0.2, 0.25) is 5.91 Å². The number of ether oxygens (including phenoxy) is 1. The van der Waals surface area contributed by atoms with Gasteiger partial charge in [0.15, 0.2) is 5.78 Å².